The van der Waals surface area contributed by atoms with Crippen molar-refractivity contribution < 1.29 is 19.4 Å². The van der Waals surface area contributed by atoms with E-state index in [1.54, 1.807) is 20.3 Å². The number of hydrogen-bond acceptors (Lipinski definition) is 4. The molecule has 2 aliphatic rings. The van der Waals surface area contributed by atoms with Crippen molar-refractivity contribution in [3.05, 3.63) is 53.1 Å². The third kappa shape index (κ3) is 2.68. The lowest BCUT2D eigenvalue weighted by molar-refractivity contribution is 0.0696. The first kappa shape index (κ1) is 16.8. The number of hydrogen-bond donors (Lipinski definition) is 2. The van der Waals surface area contributed by atoms with Crippen molar-refractivity contribution >= 4 is 11.7 Å². The van der Waals surface area contributed by atoms with E-state index in [0.29, 0.717) is 17.4 Å². The van der Waals surface area contributed by atoms with E-state index >= 15 is 0 Å². The fraction of sp³-hybridized carbons (Fsp3) is 0.381. The first-order chi connectivity index (χ1) is 12.6. The molecule has 2 N–H and O–H groups in total. The van der Waals surface area contributed by atoms with E-state index in [-0.39, 0.29) is 6.04 Å². The minimum absolute atomic E-state index is 0.121. The van der Waals surface area contributed by atoms with Gasteiger partial charge in [-0.05, 0) is 66.6 Å². The van der Waals surface area contributed by atoms with E-state index in [0.717, 1.165) is 47.6 Å². The number of carboxylic acid groups (broad SMARTS) is 1. The lowest BCUT2D eigenvalue weighted by Gasteiger charge is -2.38. The van der Waals surface area contributed by atoms with Gasteiger partial charge in [-0.25, -0.2) is 4.79 Å². The van der Waals surface area contributed by atoms with E-state index in [4.69, 9.17) is 9.47 Å². The van der Waals surface area contributed by atoms with Gasteiger partial charge in [0.2, 0.25) is 0 Å². The van der Waals surface area contributed by atoms with Gasteiger partial charge in [0.1, 0.15) is 11.5 Å². The van der Waals surface area contributed by atoms with Crippen molar-refractivity contribution in [1.82, 2.24) is 0 Å². The van der Waals surface area contributed by atoms with Gasteiger partial charge in [0, 0.05) is 11.3 Å². The molecule has 5 nitrogen and oxygen atoms in total. The van der Waals surface area contributed by atoms with Crippen LogP contribution in [0.1, 0.15) is 52.7 Å². The average Bonchev–Trinajstić information content (AvgIpc) is 3.16. The minimum Gasteiger partial charge on any atom is -0.497 e. The Balaban J connectivity index is 1.79. The molecule has 136 valence electrons. The summed E-state index contributed by atoms with van der Waals surface area (Å²) in [5.74, 6) is 1.56. The molecular formula is C21H23NO4. The normalized spacial score (nSPS) is 23.5. The van der Waals surface area contributed by atoms with Gasteiger partial charge in [0.15, 0.2) is 0 Å². The van der Waals surface area contributed by atoms with Crippen molar-refractivity contribution in [2.24, 2.45) is 5.92 Å². The Hall–Kier alpha value is -2.69. The predicted octanol–water partition coefficient (Wildman–Crippen LogP) is 4.45. The third-order valence-corrected chi connectivity index (χ3v) is 5.78. The van der Waals surface area contributed by atoms with E-state index < -0.39 is 5.97 Å². The summed E-state index contributed by atoms with van der Waals surface area (Å²) in [7, 11) is 3.36. The van der Waals surface area contributed by atoms with Crippen molar-refractivity contribution in [3.8, 4) is 11.5 Å². The topological polar surface area (TPSA) is 67.8 Å². The van der Waals surface area contributed by atoms with Crippen LogP contribution in [0.4, 0.5) is 5.69 Å². The van der Waals surface area contributed by atoms with Crippen LogP contribution in [0.25, 0.3) is 0 Å². The molecule has 2 aromatic rings. The quantitative estimate of drug-likeness (QED) is 0.850. The first-order valence-electron chi connectivity index (χ1n) is 8.98. The number of ether oxygens (including phenoxy) is 2. The Kier molecular flexibility index (Phi) is 4.23. The molecule has 1 aliphatic carbocycles. The molecule has 1 heterocycles. The minimum atomic E-state index is -0.876. The number of aromatic carboxylic acids is 1. The molecule has 0 radical (unpaired) electrons. The molecule has 1 fully saturated rings. The molecular weight excluding hydrogens is 330 g/mol. The second kappa shape index (κ2) is 6.56. The van der Waals surface area contributed by atoms with Crippen molar-refractivity contribution in [1.29, 1.82) is 0 Å². The van der Waals surface area contributed by atoms with Crippen LogP contribution in [0.15, 0.2) is 36.4 Å². The van der Waals surface area contributed by atoms with Crippen LogP contribution in [-0.2, 0) is 0 Å². The summed E-state index contributed by atoms with van der Waals surface area (Å²) in [6.07, 6.45) is 3.35. The predicted molar refractivity (Wildman–Crippen MR) is 99.4 cm³/mol. The maximum absolute atomic E-state index is 11.4. The van der Waals surface area contributed by atoms with Gasteiger partial charge >= 0.3 is 5.97 Å². The maximum atomic E-state index is 11.4. The zero-order chi connectivity index (χ0) is 18.3. The van der Waals surface area contributed by atoms with E-state index in [2.05, 4.69) is 5.32 Å². The second-order valence-corrected chi connectivity index (χ2v) is 7.04. The van der Waals surface area contributed by atoms with Crippen molar-refractivity contribution in [2.75, 3.05) is 19.5 Å². The lowest BCUT2D eigenvalue weighted by Crippen LogP contribution is -2.29. The van der Waals surface area contributed by atoms with Crippen LogP contribution >= 0.6 is 0 Å². The number of anilines is 1. The lowest BCUT2D eigenvalue weighted by atomic mass is 9.76. The Morgan fingerprint density at radius 1 is 1.08 bits per heavy atom. The molecule has 2 aromatic carbocycles. The highest BCUT2D eigenvalue weighted by Gasteiger charge is 2.41. The van der Waals surface area contributed by atoms with Gasteiger partial charge in [-0.3, -0.25) is 0 Å². The van der Waals surface area contributed by atoms with Gasteiger partial charge in [-0.1, -0.05) is 6.42 Å². The third-order valence-electron chi connectivity index (χ3n) is 5.78. The molecule has 1 saturated carbocycles. The smallest absolute Gasteiger partial charge is 0.335 e. The molecule has 3 atom stereocenters. The van der Waals surface area contributed by atoms with E-state index in [9.17, 15) is 9.90 Å². The zero-order valence-corrected chi connectivity index (χ0v) is 15.0. The maximum Gasteiger partial charge on any atom is 0.335 e. The average molecular weight is 353 g/mol. The summed E-state index contributed by atoms with van der Waals surface area (Å²) in [5, 5.41) is 13.0. The van der Waals surface area contributed by atoms with Gasteiger partial charge in [0.25, 0.3) is 0 Å². The molecule has 0 saturated heterocycles. The van der Waals surface area contributed by atoms with E-state index in [1.165, 1.54) is 0 Å². The van der Waals surface area contributed by atoms with Crippen LogP contribution in [-0.4, -0.2) is 25.3 Å². The van der Waals surface area contributed by atoms with Crippen LogP contribution < -0.4 is 14.8 Å². The SMILES string of the molecule is COc1ccc(OC)c([C@@H]2Nc3ccc(C(=O)O)cc3[C@@H]3CCC[C@@H]32)c1. The Morgan fingerprint density at radius 3 is 2.65 bits per heavy atom. The molecule has 0 aromatic heterocycles. The number of benzene rings is 2. The number of nitrogens with one attached hydrogen (secondary N) is 1. The van der Waals surface area contributed by atoms with Crippen molar-refractivity contribution in [2.45, 2.75) is 31.2 Å². The highest BCUT2D eigenvalue weighted by molar-refractivity contribution is 5.88. The molecule has 0 spiro atoms. The Morgan fingerprint density at radius 2 is 1.92 bits per heavy atom. The summed E-state index contributed by atoms with van der Waals surface area (Å²) in [4.78, 5) is 11.4. The summed E-state index contributed by atoms with van der Waals surface area (Å²) < 4.78 is 11.0. The second-order valence-electron chi connectivity index (χ2n) is 7.04. The standard InChI is InChI=1S/C21H23NO4/c1-25-13-7-9-19(26-2)17(11-13)20-15-5-3-4-14(15)16-10-12(21(23)24)6-8-18(16)22-20/h6-11,14-15,20,22H,3-5H2,1-2H3,(H,23,24)/t14-,15+,20-/m1/s1. The Bertz CT molecular complexity index is 848. The highest BCUT2D eigenvalue weighted by atomic mass is 16.5. The van der Waals surface area contributed by atoms with E-state index in [1.807, 2.05) is 30.3 Å². The fourth-order valence-electron chi connectivity index (χ4n) is 4.57. The van der Waals surface area contributed by atoms with Crippen LogP contribution in [0.3, 0.4) is 0 Å². The summed E-state index contributed by atoms with van der Waals surface area (Å²) in [5.41, 5.74) is 3.60. The van der Waals surface area contributed by atoms with Gasteiger partial charge in [-0.15, -0.1) is 0 Å². The molecule has 0 bridgehead atoms. The molecule has 0 amide bonds. The number of methoxy groups -OCH3 is 2. The number of fused-ring (bicyclic) bond motifs is 3. The van der Waals surface area contributed by atoms with Crippen LogP contribution in [0.5, 0.6) is 11.5 Å². The van der Waals surface area contributed by atoms with Gasteiger partial charge in [0.05, 0.1) is 25.8 Å². The summed E-state index contributed by atoms with van der Waals surface area (Å²) in [6.45, 7) is 0. The molecule has 1 aliphatic heterocycles. The number of rotatable bonds is 4. The zero-order valence-electron chi connectivity index (χ0n) is 15.0. The largest absolute Gasteiger partial charge is 0.497 e. The molecule has 4 rings (SSSR count). The molecule has 26 heavy (non-hydrogen) atoms. The van der Waals surface area contributed by atoms with Crippen LogP contribution in [0, 0.1) is 5.92 Å². The first-order valence-corrected chi connectivity index (χ1v) is 8.98. The number of carbonyl (C=O) groups is 1. The summed E-state index contributed by atoms with van der Waals surface area (Å²) >= 11 is 0. The van der Waals surface area contributed by atoms with Crippen molar-refractivity contribution in [3.63, 3.8) is 0 Å². The molecule has 5 heteroatoms. The van der Waals surface area contributed by atoms with Gasteiger partial charge < -0.3 is 19.9 Å². The molecule has 0 unspecified atom stereocenters. The monoisotopic (exact) mass is 353 g/mol. The summed E-state index contributed by atoms with van der Waals surface area (Å²) in [6, 6.07) is 11.4. The van der Waals surface area contributed by atoms with Gasteiger partial charge in [-0.2, -0.15) is 0 Å². The highest BCUT2D eigenvalue weighted by Crippen LogP contribution is 2.54. The number of carboxylic acids is 1. The fourth-order valence-corrected chi connectivity index (χ4v) is 4.57. The van der Waals surface area contributed by atoms with Crippen LogP contribution in [0.2, 0.25) is 0 Å². The Labute approximate surface area is 152 Å².